The molecule has 1 aromatic carbocycles. The summed E-state index contributed by atoms with van der Waals surface area (Å²) >= 11 is 0. The van der Waals surface area contributed by atoms with Crippen molar-refractivity contribution in [3.8, 4) is 0 Å². The van der Waals surface area contributed by atoms with Gasteiger partial charge in [0.15, 0.2) is 0 Å². The van der Waals surface area contributed by atoms with Gasteiger partial charge in [-0.05, 0) is 56.2 Å². The van der Waals surface area contributed by atoms with Crippen molar-refractivity contribution in [2.45, 2.75) is 43.0 Å². The molecule has 0 bridgehead atoms. The van der Waals surface area contributed by atoms with Crippen molar-refractivity contribution in [2.24, 2.45) is 5.92 Å². The van der Waals surface area contributed by atoms with Crippen LogP contribution in [0.2, 0.25) is 0 Å². The number of amides is 1. The maximum Gasteiger partial charge on any atom is 0.251 e. The van der Waals surface area contributed by atoms with Crippen molar-refractivity contribution in [1.29, 1.82) is 0 Å². The number of benzene rings is 1. The second-order valence-electron chi connectivity index (χ2n) is 6.56. The van der Waals surface area contributed by atoms with E-state index in [0.29, 0.717) is 18.7 Å². The molecule has 1 aromatic rings. The first kappa shape index (κ1) is 17.4. The second-order valence-corrected chi connectivity index (χ2v) is 8.33. The zero-order valence-corrected chi connectivity index (χ0v) is 14.5. The zero-order chi connectivity index (χ0) is 17.0. The first-order valence-electron chi connectivity index (χ1n) is 8.53. The maximum atomic E-state index is 12.5. The minimum absolute atomic E-state index is 0.125. The Balaban J connectivity index is 1.63. The molecule has 2 N–H and O–H groups in total. The van der Waals surface area contributed by atoms with E-state index in [4.69, 9.17) is 4.74 Å². The molecule has 1 saturated heterocycles. The number of hydrogen-bond donors (Lipinski definition) is 2. The third-order valence-electron chi connectivity index (χ3n) is 4.66. The van der Waals surface area contributed by atoms with E-state index < -0.39 is 10.0 Å². The quantitative estimate of drug-likeness (QED) is 0.816. The summed E-state index contributed by atoms with van der Waals surface area (Å²) in [4.78, 5) is 12.3. The van der Waals surface area contributed by atoms with E-state index in [-0.39, 0.29) is 22.8 Å². The van der Waals surface area contributed by atoms with Gasteiger partial charge in [-0.1, -0.05) is 6.07 Å². The largest absolute Gasteiger partial charge is 0.381 e. The number of sulfonamides is 1. The Morgan fingerprint density at radius 3 is 2.71 bits per heavy atom. The molecule has 0 unspecified atom stereocenters. The van der Waals surface area contributed by atoms with Gasteiger partial charge in [0.2, 0.25) is 10.0 Å². The van der Waals surface area contributed by atoms with Crippen LogP contribution in [0.4, 0.5) is 0 Å². The Kier molecular flexibility index (Phi) is 5.53. The van der Waals surface area contributed by atoms with Crippen LogP contribution in [0.3, 0.4) is 0 Å². The fourth-order valence-electron chi connectivity index (χ4n) is 2.91. The van der Waals surface area contributed by atoms with Gasteiger partial charge in [0, 0.05) is 24.8 Å². The molecule has 1 atom stereocenters. The zero-order valence-electron chi connectivity index (χ0n) is 13.7. The van der Waals surface area contributed by atoms with Crippen molar-refractivity contribution >= 4 is 15.9 Å². The molecule has 3 rings (SSSR count). The third kappa shape index (κ3) is 4.34. The Hall–Kier alpha value is -1.44. The van der Waals surface area contributed by atoms with Crippen molar-refractivity contribution < 1.29 is 17.9 Å². The predicted octanol–water partition coefficient (Wildman–Crippen LogP) is 1.67. The molecule has 2 fully saturated rings. The van der Waals surface area contributed by atoms with Gasteiger partial charge in [-0.3, -0.25) is 4.79 Å². The van der Waals surface area contributed by atoms with E-state index in [1.165, 1.54) is 12.1 Å². The molecule has 1 aliphatic carbocycles. The first-order valence-corrected chi connectivity index (χ1v) is 10.0. The standard InChI is InChI=1S/C17H24N2O4S/c20-17(19-15-6-2-7-15)14-5-1-8-16(10-14)24(21,22)18-11-13-4-3-9-23-12-13/h1,5,8,10,13,15,18H,2-4,6-7,9,11-12H2,(H,19,20)/t13-/m0/s1. The number of hydrogen-bond acceptors (Lipinski definition) is 4. The molecule has 0 radical (unpaired) electrons. The molecular weight excluding hydrogens is 328 g/mol. The summed E-state index contributed by atoms with van der Waals surface area (Å²) in [6, 6.07) is 6.42. The van der Waals surface area contributed by atoms with Crippen LogP contribution in [-0.4, -0.2) is 40.1 Å². The van der Waals surface area contributed by atoms with Crippen LogP contribution in [0.5, 0.6) is 0 Å². The molecule has 24 heavy (non-hydrogen) atoms. The summed E-state index contributed by atoms with van der Waals surface area (Å²) in [5.41, 5.74) is 0.380. The molecule has 1 heterocycles. The van der Waals surface area contributed by atoms with Gasteiger partial charge in [-0.15, -0.1) is 0 Å². The highest BCUT2D eigenvalue weighted by Crippen LogP contribution is 2.19. The lowest BCUT2D eigenvalue weighted by Crippen LogP contribution is -2.39. The van der Waals surface area contributed by atoms with E-state index >= 15 is 0 Å². The number of carbonyl (C=O) groups is 1. The molecule has 1 amide bonds. The van der Waals surface area contributed by atoms with E-state index in [9.17, 15) is 13.2 Å². The lowest BCUT2D eigenvalue weighted by Gasteiger charge is -2.26. The SMILES string of the molecule is O=C(NC1CCC1)c1cccc(S(=O)(=O)NC[C@@H]2CCCOC2)c1. The smallest absolute Gasteiger partial charge is 0.251 e. The molecule has 0 spiro atoms. The monoisotopic (exact) mass is 352 g/mol. The number of ether oxygens (including phenoxy) is 1. The summed E-state index contributed by atoms with van der Waals surface area (Å²) in [6.45, 7) is 1.70. The molecule has 6 nitrogen and oxygen atoms in total. The molecular formula is C17H24N2O4S. The van der Waals surface area contributed by atoms with Crippen LogP contribution in [-0.2, 0) is 14.8 Å². The molecule has 1 saturated carbocycles. The highest BCUT2D eigenvalue weighted by Gasteiger charge is 2.22. The number of carbonyl (C=O) groups excluding carboxylic acids is 1. The van der Waals surface area contributed by atoms with E-state index in [1.807, 2.05) is 0 Å². The normalized spacial score (nSPS) is 21.9. The summed E-state index contributed by atoms with van der Waals surface area (Å²) in [6.07, 6.45) is 5.05. The van der Waals surface area contributed by atoms with Crippen LogP contribution in [0.15, 0.2) is 29.2 Å². The molecule has 0 aromatic heterocycles. The highest BCUT2D eigenvalue weighted by molar-refractivity contribution is 7.89. The van der Waals surface area contributed by atoms with Crippen LogP contribution in [0, 0.1) is 5.92 Å². The van der Waals surface area contributed by atoms with Gasteiger partial charge in [-0.2, -0.15) is 0 Å². The maximum absolute atomic E-state index is 12.5. The molecule has 1 aliphatic heterocycles. The van der Waals surface area contributed by atoms with Crippen LogP contribution in [0.1, 0.15) is 42.5 Å². The van der Waals surface area contributed by atoms with Gasteiger partial charge in [-0.25, -0.2) is 13.1 Å². The number of rotatable bonds is 6. The Morgan fingerprint density at radius 1 is 1.21 bits per heavy atom. The minimum Gasteiger partial charge on any atom is -0.381 e. The molecule has 2 aliphatic rings. The highest BCUT2D eigenvalue weighted by atomic mass is 32.2. The Morgan fingerprint density at radius 2 is 2.04 bits per heavy atom. The van der Waals surface area contributed by atoms with Gasteiger partial charge < -0.3 is 10.1 Å². The summed E-state index contributed by atoms with van der Waals surface area (Å²) < 4.78 is 32.9. The lowest BCUT2D eigenvalue weighted by atomic mass is 9.93. The van der Waals surface area contributed by atoms with E-state index in [1.54, 1.807) is 12.1 Å². The van der Waals surface area contributed by atoms with Crippen LogP contribution < -0.4 is 10.0 Å². The van der Waals surface area contributed by atoms with Gasteiger partial charge in [0.25, 0.3) is 5.91 Å². The van der Waals surface area contributed by atoms with Gasteiger partial charge in [0.05, 0.1) is 11.5 Å². The van der Waals surface area contributed by atoms with Crippen molar-refractivity contribution in [1.82, 2.24) is 10.0 Å². The third-order valence-corrected chi connectivity index (χ3v) is 6.08. The number of nitrogens with one attached hydrogen (secondary N) is 2. The Labute approximate surface area is 143 Å². The van der Waals surface area contributed by atoms with Crippen molar-refractivity contribution in [3.63, 3.8) is 0 Å². The fourth-order valence-corrected chi connectivity index (χ4v) is 4.07. The molecule has 132 valence electrons. The topological polar surface area (TPSA) is 84.5 Å². The van der Waals surface area contributed by atoms with Crippen molar-refractivity contribution in [3.05, 3.63) is 29.8 Å². The van der Waals surface area contributed by atoms with Crippen LogP contribution in [0.25, 0.3) is 0 Å². The molecule has 7 heteroatoms. The Bertz CT molecular complexity index is 680. The average Bonchev–Trinajstić information content (AvgIpc) is 2.57. The summed E-state index contributed by atoms with van der Waals surface area (Å²) in [5, 5.41) is 2.92. The van der Waals surface area contributed by atoms with E-state index in [0.717, 1.165) is 38.7 Å². The van der Waals surface area contributed by atoms with Crippen LogP contribution >= 0.6 is 0 Å². The van der Waals surface area contributed by atoms with E-state index in [2.05, 4.69) is 10.0 Å². The fraction of sp³-hybridized carbons (Fsp3) is 0.588. The minimum atomic E-state index is -3.62. The average molecular weight is 352 g/mol. The first-order chi connectivity index (χ1) is 11.5. The summed E-state index contributed by atoms with van der Waals surface area (Å²) in [5.74, 6) is -0.00365. The van der Waals surface area contributed by atoms with Gasteiger partial charge >= 0.3 is 0 Å². The predicted molar refractivity (Wildman–Crippen MR) is 90.3 cm³/mol. The second kappa shape index (κ2) is 7.63. The van der Waals surface area contributed by atoms with Crippen molar-refractivity contribution in [2.75, 3.05) is 19.8 Å². The summed E-state index contributed by atoms with van der Waals surface area (Å²) in [7, 11) is -3.62. The lowest BCUT2D eigenvalue weighted by molar-refractivity contribution is 0.0568. The van der Waals surface area contributed by atoms with Gasteiger partial charge in [0.1, 0.15) is 0 Å².